The maximum absolute atomic E-state index is 6.19. The summed E-state index contributed by atoms with van der Waals surface area (Å²) in [5.74, 6) is 0. The van der Waals surface area contributed by atoms with Gasteiger partial charge in [0.2, 0.25) is 0 Å². The molecule has 0 unspecified atom stereocenters. The zero-order chi connectivity index (χ0) is 25.4. The lowest BCUT2D eigenvalue weighted by Gasteiger charge is -2.22. The predicted octanol–water partition coefficient (Wildman–Crippen LogP) is 9.46. The van der Waals surface area contributed by atoms with Crippen LogP contribution in [0.15, 0.2) is 111 Å². The van der Waals surface area contributed by atoms with Crippen LogP contribution < -0.4 is 5.73 Å². The Morgan fingerprint density at radius 1 is 0.800 bits per heavy atom. The molecule has 174 valence electrons. The molecule has 0 atom stereocenters. The Kier molecular flexibility index (Phi) is 8.43. The minimum Gasteiger partial charge on any atom is -0.404 e. The molecule has 0 aromatic heterocycles. The third kappa shape index (κ3) is 4.81. The topological polar surface area (TPSA) is 26.0 Å². The minimum absolute atomic E-state index is 0.780. The number of benzene rings is 3. The van der Waals surface area contributed by atoms with Crippen molar-refractivity contribution in [2.75, 3.05) is 0 Å². The Morgan fingerprint density at radius 3 is 2.06 bits per heavy atom. The van der Waals surface area contributed by atoms with Crippen LogP contribution in [0.3, 0.4) is 0 Å². The fourth-order valence-electron chi connectivity index (χ4n) is 4.57. The third-order valence-corrected chi connectivity index (χ3v) is 6.29. The van der Waals surface area contributed by atoms with Crippen LogP contribution in [-0.2, 0) is 0 Å². The highest BCUT2D eigenvalue weighted by atomic mass is 14.5. The first-order chi connectivity index (χ1) is 17.1. The molecule has 3 aromatic rings. The number of nitrogens with two attached hydrogens (primary N) is 1. The van der Waals surface area contributed by atoms with Crippen LogP contribution in [0.4, 0.5) is 0 Å². The van der Waals surface area contributed by atoms with E-state index in [0.717, 1.165) is 67.3 Å². The van der Waals surface area contributed by atoms with Gasteiger partial charge in [-0.1, -0.05) is 124 Å². The smallest absolute Gasteiger partial charge is 0.00179 e. The molecule has 35 heavy (non-hydrogen) atoms. The number of fused-ring (bicyclic) bond motifs is 1. The summed E-state index contributed by atoms with van der Waals surface area (Å²) < 4.78 is 0. The number of hydrogen-bond acceptors (Lipinski definition) is 1. The molecule has 3 aromatic carbocycles. The summed E-state index contributed by atoms with van der Waals surface area (Å²) in [6, 6.07) is 14.6. The van der Waals surface area contributed by atoms with Gasteiger partial charge in [0.15, 0.2) is 0 Å². The van der Waals surface area contributed by atoms with Crippen molar-refractivity contribution < 1.29 is 0 Å². The van der Waals surface area contributed by atoms with Crippen molar-refractivity contribution in [3.63, 3.8) is 0 Å². The number of hydrogen-bond donors (Lipinski definition) is 1. The van der Waals surface area contributed by atoms with E-state index in [1.54, 1.807) is 6.20 Å². The largest absolute Gasteiger partial charge is 0.404 e. The van der Waals surface area contributed by atoms with Crippen molar-refractivity contribution in [3.05, 3.63) is 139 Å². The van der Waals surface area contributed by atoms with Crippen LogP contribution >= 0.6 is 0 Å². The van der Waals surface area contributed by atoms with Crippen molar-refractivity contribution in [1.82, 2.24) is 0 Å². The zero-order valence-electron chi connectivity index (χ0n) is 20.6. The molecule has 0 aliphatic rings. The molecule has 0 amide bonds. The summed E-state index contributed by atoms with van der Waals surface area (Å²) in [6.07, 6.45) is 18.1. The van der Waals surface area contributed by atoms with Crippen molar-refractivity contribution in [1.29, 1.82) is 0 Å². The first kappa shape index (κ1) is 25.3. The molecule has 0 aliphatic heterocycles. The van der Waals surface area contributed by atoms with Crippen molar-refractivity contribution in [2.24, 2.45) is 5.73 Å². The molecular weight excluding hydrogens is 422 g/mol. The van der Waals surface area contributed by atoms with E-state index < -0.39 is 0 Å². The summed E-state index contributed by atoms with van der Waals surface area (Å²) in [5, 5.41) is 2.21. The Labute approximate surface area is 210 Å². The third-order valence-electron chi connectivity index (χ3n) is 6.29. The highest BCUT2D eigenvalue weighted by Crippen LogP contribution is 2.43. The summed E-state index contributed by atoms with van der Waals surface area (Å²) in [5.41, 5.74) is 15.6. The van der Waals surface area contributed by atoms with Gasteiger partial charge in [-0.05, 0) is 74.2 Å². The molecule has 0 aliphatic carbocycles. The van der Waals surface area contributed by atoms with Crippen LogP contribution in [0.2, 0.25) is 0 Å². The van der Waals surface area contributed by atoms with E-state index in [1.807, 2.05) is 43.4 Å². The lowest BCUT2D eigenvalue weighted by atomic mass is 9.81. The highest BCUT2D eigenvalue weighted by Gasteiger charge is 2.20. The van der Waals surface area contributed by atoms with Gasteiger partial charge in [0, 0.05) is 6.20 Å². The van der Waals surface area contributed by atoms with Crippen molar-refractivity contribution >= 4 is 40.6 Å². The molecule has 0 spiro atoms. The van der Waals surface area contributed by atoms with Gasteiger partial charge in [-0.25, -0.2) is 0 Å². The molecule has 1 heteroatoms. The molecular formula is C34H33N. The lowest BCUT2D eigenvalue weighted by Crippen LogP contribution is -2.00. The van der Waals surface area contributed by atoms with Gasteiger partial charge in [0.05, 0.1) is 0 Å². The second kappa shape index (κ2) is 11.7. The molecule has 0 fully saturated rings. The minimum atomic E-state index is 0.780. The van der Waals surface area contributed by atoms with E-state index in [2.05, 4.69) is 87.5 Å². The molecule has 0 saturated heterocycles. The fraction of sp³-hybridized carbons (Fsp3) is 0.0588. The Bertz CT molecular complexity index is 1410. The summed E-state index contributed by atoms with van der Waals surface area (Å²) in [4.78, 5) is 0. The standard InChI is InChI=1S/C34H33N/c1-7-24(8-2)17-15-19-26(23-35)33-28(11-5)29(12-6)34(32-21-14-13-20-31(32)33)30-22-16-18-25(9-3)27(30)10-4/h7-16,18-23H,1,3-6,17,35H2,2H3/b19-15-,24-8+,26-23+. The lowest BCUT2D eigenvalue weighted by molar-refractivity contribution is 1.27. The normalized spacial score (nSPS) is 12.0. The van der Waals surface area contributed by atoms with Crippen LogP contribution in [0.1, 0.15) is 41.2 Å². The van der Waals surface area contributed by atoms with Crippen LogP contribution in [-0.4, -0.2) is 0 Å². The Morgan fingerprint density at radius 2 is 1.49 bits per heavy atom. The van der Waals surface area contributed by atoms with E-state index in [4.69, 9.17) is 5.73 Å². The SMILES string of the molecule is C=C/C(=C\C)C/C=C\C(=C/N)c1c(C=C)c(C=C)c(-c2cccc(C=C)c2C=C)c2ccccc12. The highest BCUT2D eigenvalue weighted by molar-refractivity contribution is 6.11. The van der Waals surface area contributed by atoms with Crippen molar-refractivity contribution in [3.8, 4) is 11.1 Å². The molecule has 3 rings (SSSR count). The van der Waals surface area contributed by atoms with E-state index in [0.29, 0.717) is 0 Å². The molecule has 0 bridgehead atoms. The van der Waals surface area contributed by atoms with Gasteiger partial charge in [0.25, 0.3) is 0 Å². The Balaban J connectivity index is 2.43. The second-order valence-electron chi connectivity index (χ2n) is 8.04. The Hall–Kier alpha value is -4.36. The predicted molar refractivity (Wildman–Crippen MR) is 160 cm³/mol. The average molecular weight is 456 g/mol. The second-order valence-corrected chi connectivity index (χ2v) is 8.04. The van der Waals surface area contributed by atoms with Gasteiger partial charge in [0.1, 0.15) is 0 Å². The molecule has 0 heterocycles. The van der Waals surface area contributed by atoms with E-state index in [9.17, 15) is 0 Å². The van der Waals surface area contributed by atoms with E-state index >= 15 is 0 Å². The van der Waals surface area contributed by atoms with Gasteiger partial charge >= 0.3 is 0 Å². The van der Waals surface area contributed by atoms with Gasteiger partial charge in [-0.3, -0.25) is 0 Å². The van der Waals surface area contributed by atoms with Crippen LogP contribution in [0.5, 0.6) is 0 Å². The summed E-state index contributed by atoms with van der Waals surface area (Å²) in [6.45, 7) is 22.3. The van der Waals surface area contributed by atoms with Crippen molar-refractivity contribution in [2.45, 2.75) is 13.3 Å². The summed E-state index contributed by atoms with van der Waals surface area (Å²) >= 11 is 0. The first-order valence-corrected chi connectivity index (χ1v) is 11.7. The molecule has 1 nitrogen and oxygen atoms in total. The quantitative estimate of drug-likeness (QED) is 0.303. The molecule has 0 saturated carbocycles. The average Bonchev–Trinajstić information content (AvgIpc) is 2.91. The van der Waals surface area contributed by atoms with Crippen LogP contribution in [0.25, 0.3) is 51.8 Å². The van der Waals surface area contributed by atoms with Gasteiger partial charge in [-0.2, -0.15) is 0 Å². The molecule has 2 N–H and O–H groups in total. The van der Waals surface area contributed by atoms with Gasteiger partial charge < -0.3 is 5.73 Å². The van der Waals surface area contributed by atoms with E-state index in [1.165, 1.54) is 0 Å². The maximum atomic E-state index is 6.19. The summed E-state index contributed by atoms with van der Waals surface area (Å²) in [7, 11) is 0. The zero-order valence-corrected chi connectivity index (χ0v) is 20.6. The number of rotatable bonds is 10. The fourth-order valence-corrected chi connectivity index (χ4v) is 4.57. The monoisotopic (exact) mass is 455 g/mol. The van der Waals surface area contributed by atoms with E-state index in [-0.39, 0.29) is 0 Å². The van der Waals surface area contributed by atoms with Gasteiger partial charge in [-0.15, -0.1) is 0 Å². The maximum Gasteiger partial charge on any atom is 0.00179 e. The number of allylic oxidation sites excluding steroid dienone is 6. The van der Waals surface area contributed by atoms with Crippen LogP contribution in [0, 0.1) is 0 Å². The molecule has 0 radical (unpaired) electrons. The first-order valence-electron chi connectivity index (χ1n) is 11.7.